The van der Waals surface area contributed by atoms with Crippen LogP contribution in [0.5, 0.6) is 0 Å². The third kappa shape index (κ3) is 2.99. The van der Waals surface area contributed by atoms with E-state index >= 15 is 0 Å². The second kappa shape index (κ2) is 6.81. The molecule has 0 unspecified atom stereocenters. The predicted octanol–water partition coefficient (Wildman–Crippen LogP) is 2.43. The van der Waals surface area contributed by atoms with E-state index in [1.54, 1.807) is 6.92 Å². The molecular weight excluding hydrogens is 258 g/mol. The van der Waals surface area contributed by atoms with Crippen LogP contribution in [0.4, 0.5) is 0 Å². The number of nitrogens with zero attached hydrogens (tertiary/aromatic N) is 1. The van der Waals surface area contributed by atoms with Gasteiger partial charge < -0.3 is 14.2 Å². The van der Waals surface area contributed by atoms with Crippen LogP contribution < -0.4 is 0 Å². The molecule has 1 aromatic heterocycles. The lowest BCUT2D eigenvalue weighted by Gasteiger charge is -2.21. The Bertz CT molecular complexity index is 483. The zero-order valence-electron chi connectivity index (χ0n) is 12.3. The molecule has 1 aliphatic carbocycles. The Labute approximate surface area is 119 Å². The number of carbonyl (C=O) groups is 1. The fourth-order valence-corrected chi connectivity index (χ4v) is 2.52. The van der Waals surface area contributed by atoms with Gasteiger partial charge in [0.25, 0.3) is 0 Å². The molecule has 5 heteroatoms. The van der Waals surface area contributed by atoms with Crippen LogP contribution >= 0.6 is 0 Å². The van der Waals surface area contributed by atoms with Gasteiger partial charge in [0, 0.05) is 19.9 Å². The van der Waals surface area contributed by atoms with Gasteiger partial charge in [0.2, 0.25) is 6.29 Å². The van der Waals surface area contributed by atoms with Crippen molar-refractivity contribution in [2.75, 3.05) is 20.8 Å². The summed E-state index contributed by atoms with van der Waals surface area (Å²) in [5.41, 5.74) is 3.13. The minimum absolute atomic E-state index is 0.333. The van der Waals surface area contributed by atoms with E-state index in [-0.39, 0.29) is 5.97 Å². The quantitative estimate of drug-likeness (QED) is 0.612. The summed E-state index contributed by atoms with van der Waals surface area (Å²) in [5.74, 6) is -0.373. The van der Waals surface area contributed by atoms with Crippen LogP contribution in [0.3, 0.4) is 0 Å². The Hall–Kier alpha value is -1.46. The van der Waals surface area contributed by atoms with E-state index in [4.69, 9.17) is 14.2 Å². The van der Waals surface area contributed by atoms with Gasteiger partial charge in [-0.2, -0.15) is 0 Å². The Balaban J connectivity index is 2.47. The minimum Gasteiger partial charge on any atom is -0.462 e. The van der Waals surface area contributed by atoms with Crippen LogP contribution in [0.15, 0.2) is 6.07 Å². The van der Waals surface area contributed by atoms with Crippen LogP contribution in [0.2, 0.25) is 0 Å². The molecule has 2 rings (SSSR count). The summed E-state index contributed by atoms with van der Waals surface area (Å²) in [6.45, 7) is 2.12. The summed E-state index contributed by atoms with van der Waals surface area (Å²) in [7, 11) is 3.06. The molecule has 0 N–H and O–H groups in total. The zero-order chi connectivity index (χ0) is 14.5. The van der Waals surface area contributed by atoms with Crippen LogP contribution in [0.1, 0.15) is 53.4 Å². The molecule has 1 aromatic rings. The van der Waals surface area contributed by atoms with Gasteiger partial charge in [0.15, 0.2) is 0 Å². The molecule has 0 fully saturated rings. The SMILES string of the molecule is CCOC(=O)c1cc2c(nc1C(OC)OC)CCCC2. The van der Waals surface area contributed by atoms with E-state index in [0.29, 0.717) is 17.9 Å². The highest BCUT2D eigenvalue weighted by atomic mass is 16.7. The van der Waals surface area contributed by atoms with Crippen molar-refractivity contribution in [3.8, 4) is 0 Å². The number of hydrogen-bond donors (Lipinski definition) is 0. The monoisotopic (exact) mass is 279 g/mol. The van der Waals surface area contributed by atoms with Gasteiger partial charge in [0.05, 0.1) is 12.2 Å². The highest BCUT2D eigenvalue weighted by molar-refractivity contribution is 5.91. The van der Waals surface area contributed by atoms with Crippen molar-refractivity contribution in [2.45, 2.75) is 38.9 Å². The van der Waals surface area contributed by atoms with E-state index in [0.717, 1.165) is 36.9 Å². The molecule has 0 saturated heterocycles. The first-order valence-corrected chi connectivity index (χ1v) is 6.96. The second-order valence-corrected chi connectivity index (χ2v) is 4.76. The number of carbonyl (C=O) groups excluding carboxylic acids is 1. The highest BCUT2D eigenvalue weighted by Gasteiger charge is 2.25. The smallest absolute Gasteiger partial charge is 0.340 e. The van der Waals surface area contributed by atoms with Gasteiger partial charge in [-0.1, -0.05) is 0 Å². The zero-order valence-corrected chi connectivity index (χ0v) is 12.3. The van der Waals surface area contributed by atoms with Crippen molar-refractivity contribution < 1.29 is 19.0 Å². The Morgan fingerprint density at radius 2 is 2.00 bits per heavy atom. The lowest BCUT2D eigenvalue weighted by atomic mass is 9.94. The summed E-state index contributed by atoms with van der Waals surface area (Å²) in [4.78, 5) is 16.7. The number of hydrogen-bond acceptors (Lipinski definition) is 5. The number of fused-ring (bicyclic) bond motifs is 1. The van der Waals surface area contributed by atoms with Crippen LogP contribution in [0, 0.1) is 0 Å². The van der Waals surface area contributed by atoms with Crippen LogP contribution in [-0.4, -0.2) is 31.8 Å². The van der Waals surface area contributed by atoms with Crippen molar-refractivity contribution in [3.05, 3.63) is 28.6 Å². The standard InChI is InChI=1S/C15H21NO4/c1-4-20-14(17)11-9-10-7-5-6-8-12(10)16-13(11)15(18-2)19-3/h9,15H,4-8H2,1-3H3. The Morgan fingerprint density at radius 3 is 2.65 bits per heavy atom. The third-order valence-corrected chi connectivity index (χ3v) is 3.48. The summed E-state index contributed by atoms with van der Waals surface area (Å²) in [6.07, 6.45) is 3.50. The van der Waals surface area contributed by atoms with E-state index in [1.807, 2.05) is 6.07 Å². The highest BCUT2D eigenvalue weighted by Crippen LogP contribution is 2.27. The van der Waals surface area contributed by atoms with E-state index in [2.05, 4.69) is 4.98 Å². The summed E-state index contributed by atoms with van der Waals surface area (Å²) >= 11 is 0. The molecule has 0 aromatic carbocycles. The van der Waals surface area contributed by atoms with E-state index < -0.39 is 6.29 Å². The normalized spacial score (nSPS) is 14.2. The first-order valence-electron chi connectivity index (χ1n) is 6.96. The lowest BCUT2D eigenvalue weighted by Crippen LogP contribution is -2.19. The molecule has 0 radical (unpaired) electrons. The molecule has 0 spiro atoms. The topological polar surface area (TPSA) is 57.7 Å². The van der Waals surface area contributed by atoms with Gasteiger partial charge in [-0.05, 0) is 44.2 Å². The van der Waals surface area contributed by atoms with Gasteiger partial charge in [-0.25, -0.2) is 4.79 Å². The van der Waals surface area contributed by atoms with Gasteiger partial charge in [-0.3, -0.25) is 4.98 Å². The number of methoxy groups -OCH3 is 2. The molecule has 1 heterocycles. The van der Waals surface area contributed by atoms with Crippen molar-refractivity contribution in [2.24, 2.45) is 0 Å². The first kappa shape index (κ1) is 14.9. The van der Waals surface area contributed by atoms with Gasteiger partial charge in [0.1, 0.15) is 5.69 Å². The first-order chi connectivity index (χ1) is 9.71. The minimum atomic E-state index is -0.651. The van der Waals surface area contributed by atoms with E-state index in [1.165, 1.54) is 14.2 Å². The molecule has 20 heavy (non-hydrogen) atoms. The van der Waals surface area contributed by atoms with Crippen LogP contribution in [0.25, 0.3) is 0 Å². The number of pyridine rings is 1. The molecular formula is C15H21NO4. The second-order valence-electron chi connectivity index (χ2n) is 4.76. The average molecular weight is 279 g/mol. The number of ether oxygens (including phenoxy) is 3. The maximum Gasteiger partial charge on any atom is 0.340 e. The Kier molecular flexibility index (Phi) is 5.09. The van der Waals surface area contributed by atoms with Crippen molar-refractivity contribution in [1.29, 1.82) is 0 Å². The van der Waals surface area contributed by atoms with Crippen molar-refractivity contribution >= 4 is 5.97 Å². The van der Waals surface area contributed by atoms with Crippen molar-refractivity contribution in [1.82, 2.24) is 4.98 Å². The van der Waals surface area contributed by atoms with Crippen LogP contribution in [-0.2, 0) is 27.1 Å². The number of aryl methyl sites for hydroxylation is 2. The predicted molar refractivity (Wildman–Crippen MR) is 73.6 cm³/mol. The summed E-state index contributed by atoms with van der Waals surface area (Å²) in [5, 5.41) is 0. The maximum atomic E-state index is 12.1. The lowest BCUT2D eigenvalue weighted by molar-refractivity contribution is -0.109. The number of esters is 1. The van der Waals surface area contributed by atoms with Gasteiger partial charge in [-0.15, -0.1) is 0 Å². The third-order valence-electron chi connectivity index (χ3n) is 3.48. The fourth-order valence-electron chi connectivity index (χ4n) is 2.52. The largest absolute Gasteiger partial charge is 0.462 e. The Morgan fingerprint density at radius 1 is 1.30 bits per heavy atom. The molecule has 0 saturated carbocycles. The number of rotatable bonds is 5. The molecule has 0 bridgehead atoms. The molecule has 0 aliphatic heterocycles. The molecule has 5 nitrogen and oxygen atoms in total. The molecule has 1 aliphatic rings. The average Bonchev–Trinajstić information content (AvgIpc) is 2.48. The fraction of sp³-hybridized carbons (Fsp3) is 0.600. The maximum absolute atomic E-state index is 12.1. The summed E-state index contributed by atoms with van der Waals surface area (Å²) in [6, 6.07) is 1.89. The van der Waals surface area contributed by atoms with Crippen molar-refractivity contribution in [3.63, 3.8) is 0 Å². The summed E-state index contributed by atoms with van der Waals surface area (Å²) < 4.78 is 15.6. The van der Waals surface area contributed by atoms with Gasteiger partial charge >= 0.3 is 5.97 Å². The van der Waals surface area contributed by atoms with E-state index in [9.17, 15) is 4.79 Å². The number of aromatic nitrogens is 1. The molecule has 0 atom stereocenters. The molecule has 0 amide bonds. The molecule has 110 valence electrons.